The van der Waals surface area contributed by atoms with Crippen LogP contribution in [-0.2, 0) is 16.1 Å². The van der Waals surface area contributed by atoms with E-state index in [1.807, 2.05) is 16.9 Å². The number of benzene rings is 2. The normalized spacial score (nSPS) is 10.8. The smallest absolute Gasteiger partial charge is 0.306 e. The summed E-state index contributed by atoms with van der Waals surface area (Å²) >= 11 is 0. The first-order valence-electron chi connectivity index (χ1n) is 9.07. The molecule has 0 saturated heterocycles. The summed E-state index contributed by atoms with van der Waals surface area (Å²) in [6.45, 7) is 5.35. The van der Waals surface area contributed by atoms with Gasteiger partial charge in [0.05, 0.1) is 24.9 Å². The second-order valence-electron chi connectivity index (χ2n) is 6.66. The van der Waals surface area contributed by atoms with Crippen molar-refractivity contribution in [1.82, 2.24) is 15.1 Å². The quantitative estimate of drug-likeness (QED) is 0.512. The van der Waals surface area contributed by atoms with Crippen LogP contribution < -0.4 is 5.32 Å². The predicted molar refractivity (Wildman–Crippen MR) is 107 cm³/mol. The summed E-state index contributed by atoms with van der Waals surface area (Å²) < 4.78 is 6.60. The molecular weight excluding hydrogens is 338 g/mol. The molecule has 5 nitrogen and oxygen atoms in total. The highest BCUT2D eigenvalue weighted by atomic mass is 16.5. The Kier molecular flexibility index (Phi) is 6.04. The Hall–Kier alpha value is -2.92. The molecule has 0 fully saturated rings. The largest absolute Gasteiger partial charge is 0.469 e. The van der Waals surface area contributed by atoms with Crippen LogP contribution in [0.5, 0.6) is 0 Å². The topological polar surface area (TPSA) is 56.1 Å². The number of hydrogen-bond donors (Lipinski definition) is 1. The lowest BCUT2D eigenvalue weighted by atomic mass is 10.1. The Balaban J connectivity index is 1.87. The van der Waals surface area contributed by atoms with Crippen LogP contribution in [0.3, 0.4) is 0 Å². The molecule has 0 radical (unpaired) electrons. The Morgan fingerprint density at radius 1 is 1.11 bits per heavy atom. The SMILES string of the molecule is COC(=O)CCNCc1cn(-c2ccc(C)cc2)nc1-c1cccc(C)c1. The van der Waals surface area contributed by atoms with Gasteiger partial charge in [-0.05, 0) is 32.0 Å². The van der Waals surface area contributed by atoms with Gasteiger partial charge in [0.1, 0.15) is 0 Å². The molecule has 0 spiro atoms. The number of aryl methyl sites for hydroxylation is 2. The van der Waals surface area contributed by atoms with Crippen LogP contribution in [0.25, 0.3) is 16.9 Å². The van der Waals surface area contributed by atoms with Crippen molar-refractivity contribution in [3.05, 3.63) is 71.4 Å². The van der Waals surface area contributed by atoms with E-state index in [-0.39, 0.29) is 5.97 Å². The van der Waals surface area contributed by atoms with Crippen LogP contribution in [0.2, 0.25) is 0 Å². The molecule has 3 rings (SSSR count). The van der Waals surface area contributed by atoms with Gasteiger partial charge in [0.15, 0.2) is 0 Å². The van der Waals surface area contributed by atoms with Crippen LogP contribution in [0.1, 0.15) is 23.1 Å². The average molecular weight is 363 g/mol. The number of hydrogen-bond acceptors (Lipinski definition) is 4. The molecule has 1 aromatic heterocycles. The lowest BCUT2D eigenvalue weighted by Crippen LogP contribution is -2.18. The molecule has 27 heavy (non-hydrogen) atoms. The van der Waals surface area contributed by atoms with Crippen LogP contribution in [-0.4, -0.2) is 29.4 Å². The predicted octanol–water partition coefficient (Wildman–Crippen LogP) is 3.81. The molecule has 0 saturated carbocycles. The molecule has 1 N–H and O–H groups in total. The van der Waals surface area contributed by atoms with Crippen molar-refractivity contribution in [2.45, 2.75) is 26.8 Å². The third-order valence-corrected chi connectivity index (χ3v) is 4.43. The van der Waals surface area contributed by atoms with Gasteiger partial charge in [0, 0.05) is 30.4 Å². The third-order valence-electron chi connectivity index (χ3n) is 4.43. The Bertz CT molecular complexity index is 914. The van der Waals surface area contributed by atoms with Crippen LogP contribution >= 0.6 is 0 Å². The summed E-state index contributed by atoms with van der Waals surface area (Å²) in [5.74, 6) is -0.211. The van der Waals surface area contributed by atoms with Gasteiger partial charge in [0.2, 0.25) is 0 Å². The van der Waals surface area contributed by atoms with E-state index in [9.17, 15) is 4.79 Å². The summed E-state index contributed by atoms with van der Waals surface area (Å²) in [5, 5.41) is 8.15. The van der Waals surface area contributed by atoms with E-state index in [2.05, 4.69) is 66.4 Å². The molecule has 1 heterocycles. The second-order valence-corrected chi connectivity index (χ2v) is 6.66. The van der Waals surface area contributed by atoms with Crippen molar-refractivity contribution in [1.29, 1.82) is 0 Å². The maximum Gasteiger partial charge on any atom is 0.306 e. The minimum absolute atomic E-state index is 0.211. The van der Waals surface area contributed by atoms with Crippen molar-refractivity contribution < 1.29 is 9.53 Å². The first kappa shape index (κ1) is 18.9. The monoisotopic (exact) mass is 363 g/mol. The molecule has 0 amide bonds. The first-order valence-corrected chi connectivity index (χ1v) is 9.07. The van der Waals surface area contributed by atoms with Crippen LogP contribution in [0.4, 0.5) is 0 Å². The van der Waals surface area contributed by atoms with Gasteiger partial charge >= 0.3 is 5.97 Å². The molecule has 140 valence electrons. The summed E-state index contributed by atoms with van der Waals surface area (Å²) in [6.07, 6.45) is 2.40. The Morgan fingerprint density at radius 2 is 1.89 bits per heavy atom. The Morgan fingerprint density at radius 3 is 2.59 bits per heavy atom. The molecule has 0 bridgehead atoms. The fraction of sp³-hybridized carbons (Fsp3) is 0.273. The van der Waals surface area contributed by atoms with Gasteiger partial charge in [-0.1, -0.05) is 41.5 Å². The van der Waals surface area contributed by atoms with Crippen molar-refractivity contribution in [3.8, 4) is 16.9 Å². The number of carbonyl (C=O) groups is 1. The molecule has 0 unspecified atom stereocenters. The van der Waals surface area contributed by atoms with Gasteiger partial charge in [-0.25, -0.2) is 4.68 Å². The molecule has 5 heteroatoms. The average Bonchev–Trinajstić information content (AvgIpc) is 3.09. The van der Waals surface area contributed by atoms with Crippen LogP contribution in [0, 0.1) is 13.8 Å². The maximum atomic E-state index is 11.3. The standard InChI is InChI=1S/C22H25N3O2/c1-16-7-9-20(10-8-16)25-15-19(14-23-12-11-21(26)27-3)22(24-25)18-6-4-5-17(2)13-18/h4-10,13,15,23H,11-12,14H2,1-3H3. The molecule has 3 aromatic rings. The number of nitrogens with one attached hydrogen (secondary N) is 1. The van der Waals surface area contributed by atoms with E-state index in [1.54, 1.807) is 0 Å². The first-order chi connectivity index (χ1) is 13.1. The maximum absolute atomic E-state index is 11.3. The van der Waals surface area contributed by atoms with Crippen molar-refractivity contribution >= 4 is 5.97 Å². The molecular formula is C22H25N3O2. The summed E-state index contributed by atoms with van der Waals surface area (Å²) in [4.78, 5) is 11.3. The number of ether oxygens (including phenoxy) is 1. The lowest BCUT2D eigenvalue weighted by molar-refractivity contribution is -0.140. The number of carbonyl (C=O) groups excluding carboxylic acids is 1. The summed E-state index contributed by atoms with van der Waals surface area (Å²) in [6, 6.07) is 16.6. The molecule has 0 aliphatic carbocycles. The van der Waals surface area contributed by atoms with Crippen LogP contribution in [0.15, 0.2) is 54.7 Å². The fourth-order valence-electron chi connectivity index (χ4n) is 2.92. The molecule has 2 aromatic carbocycles. The molecule has 0 aliphatic heterocycles. The summed E-state index contributed by atoms with van der Waals surface area (Å²) in [7, 11) is 1.41. The van der Waals surface area contributed by atoms with Gasteiger partial charge in [0.25, 0.3) is 0 Å². The number of methoxy groups -OCH3 is 1. The lowest BCUT2D eigenvalue weighted by Gasteiger charge is -2.05. The number of rotatable bonds is 7. The van der Waals surface area contributed by atoms with E-state index in [0.29, 0.717) is 19.5 Å². The zero-order valence-electron chi connectivity index (χ0n) is 16.0. The minimum atomic E-state index is -0.211. The van der Waals surface area contributed by atoms with Crippen molar-refractivity contribution in [2.75, 3.05) is 13.7 Å². The molecule has 0 aliphatic rings. The van der Waals surface area contributed by atoms with Gasteiger partial charge in [-0.15, -0.1) is 0 Å². The summed E-state index contributed by atoms with van der Waals surface area (Å²) in [5.41, 5.74) is 6.56. The van der Waals surface area contributed by atoms with E-state index in [0.717, 1.165) is 22.5 Å². The highest BCUT2D eigenvalue weighted by Crippen LogP contribution is 2.24. The Labute approximate surface area is 160 Å². The number of esters is 1. The third kappa shape index (κ3) is 4.83. The van der Waals surface area contributed by atoms with E-state index in [1.165, 1.54) is 18.2 Å². The zero-order chi connectivity index (χ0) is 19.2. The highest BCUT2D eigenvalue weighted by Gasteiger charge is 2.12. The van der Waals surface area contributed by atoms with Gasteiger partial charge < -0.3 is 10.1 Å². The minimum Gasteiger partial charge on any atom is -0.469 e. The zero-order valence-corrected chi connectivity index (χ0v) is 16.0. The molecule has 0 atom stereocenters. The van der Waals surface area contributed by atoms with E-state index in [4.69, 9.17) is 5.10 Å². The van der Waals surface area contributed by atoms with Gasteiger partial charge in [-0.3, -0.25) is 4.79 Å². The number of aromatic nitrogens is 2. The fourth-order valence-corrected chi connectivity index (χ4v) is 2.92. The van der Waals surface area contributed by atoms with Crippen molar-refractivity contribution in [2.24, 2.45) is 0 Å². The second kappa shape index (κ2) is 8.64. The van der Waals surface area contributed by atoms with Gasteiger partial charge in [-0.2, -0.15) is 5.10 Å². The highest BCUT2D eigenvalue weighted by molar-refractivity contribution is 5.69. The van der Waals surface area contributed by atoms with Crippen molar-refractivity contribution in [3.63, 3.8) is 0 Å². The van der Waals surface area contributed by atoms with E-state index >= 15 is 0 Å². The number of nitrogens with zero attached hydrogens (tertiary/aromatic N) is 2. The van der Waals surface area contributed by atoms with E-state index < -0.39 is 0 Å².